The molecular weight excluding hydrogens is 343 g/mol. The number of carbonyl (C=O) groups excluding carboxylic acids is 2. The summed E-state index contributed by atoms with van der Waals surface area (Å²) in [5.41, 5.74) is 0.706. The number of hydrogen-bond donors (Lipinski definition) is 0. The number of cyclic esters (lactones) is 2. The van der Waals surface area contributed by atoms with Crippen LogP contribution in [0.2, 0.25) is 49.3 Å². The van der Waals surface area contributed by atoms with Gasteiger partial charge in [0.2, 0.25) is 0 Å². The molecule has 0 bridgehead atoms. The SMILES string of the molecule is C[Si](C)(C)c1c(Cl)c(Cl)c([Si](C)(C)C)c2c1C(=O)OC2=O. The molecule has 1 aliphatic rings. The molecule has 114 valence electrons. The van der Waals surface area contributed by atoms with Crippen LogP contribution in [0.25, 0.3) is 0 Å². The molecule has 1 heterocycles. The second kappa shape index (κ2) is 4.94. The Labute approximate surface area is 136 Å². The molecule has 21 heavy (non-hydrogen) atoms. The molecule has 0 aliphatic carbocycles. The number of benzene rings is 1. The van der Waals surface area contributed by atoms with E-state index >= 15 is 0 Å². The average Bonchev–Trinajstić information content (AvgIpc) is 2.52. The smallest absolute Gasteiger partial charge is 0.346 e. The summed E-state index contributed by atoms with van der Waals surface area (Å²) in [6, 6.07) is 0. The number of halogens is 2. The van der Waals surface area contributed by atoms with E-state index in [1.54, 1.807) is 0 Å². The van der Waals surface area contributed by atoms with Crippen LogP contribution in [-0.4, -0.2) is 28.1 Å². The van der Waals surface area contributed by atoms with Crippen LogP contribution >= 0.6 is 23.2 Å². The second-order valence-corrected chi connectivity index (χ2v) is 18.1. The van der Waals surface area contributed by atoms with E-state index < -0.39 is 28.1 Å². The fourth-order valence-electron chi connectivity index (χ4n) is 2.69. The molecule has 1 aromatic carbocycles. The van der Waals surface area contributed by atoms with Crippen molar-refractivity contribution in [3.63, 3.8) is 0 Å². The third-order valence-electron chi connectivity index (χ3n) is 3.48. The molecule has 0 atom stereocenters. The minimum Gasteiger partial charge on any atom is -0.386 e. The summed E-state index contributed by atoms with van der Waals surface area (Å²) in [7, 11) is -3.95. The molecule has 1 aliphatic heterocycles. The van der Waals surface area contributed by atoms with E-state index in [0.717, 1.165) is 10.4 Å². The lowest BCUT2D eigenvalue weighted by molar-refractivity contribution is 0.0444. The summed E-state index contributed by atoms with van der Waals surface area (Å²) in [6.45, 7) is 12.4. The van der Waals surface area contributed by atoms with E-state index in [4.69, 9.17) is 27.9 Å². The molecule has 0 unspecified atom stereocenters. The molecule has 0 saturated carbocycles. The highest BCUT2D eigenvalue weighted by molar-refractivity contribution is 6.94. The Hall–Kier alpha value is -0.626. The number of hydrogen-bond acceptors (Lipinski definition) is 3. The molecule has 0 N–H and O–H groups in total. The summed E-state index contributed by atoms with van der Waals surface area (Å²) in [5, 5.41) is 2.28. The Balaban J connectivity index is 3.04. The Morgan fingerprint density at radius 3 is 1.24 bits per heavy atom. The number of esters is 2. The zero-order valence-electron chi connectivity index (χ0n) is 13.0. The largest absolute Gasteiger partial charge is 0.386 e. The Morgan fingerprint density at radius 1 is 0.714 bits per heavy atom. The molecule has 7 heteroatoms. The van der Waals surface area contributed by atoms with Gasteiger partial charge in [-0.1, -0.05) is 62.5 Å². The van der Waals surface area contributed by atoms with Gasteiger partial charge in [-0.05, 0) is 10.4 Å². The third-order valence-corrected chi connectivity index (χ3v) is 8.64. The minimum absolute atomic E-state index is 0.353. The normalized spacial score (nSPS) is 15.2. The zero-order chi connectivity index (χ0) is 16.3. The maximum atomic E-state index is 12.2. The van der Waals surface area contributed by atoms with Gasteiger partial charge in [-0.2, -0.15) is 0 Å². The molecule has 3 nitrogen and oxygen atoms in total. The maximum Gasteiger partial charge on any atom is 0.346 e. The molecule has 0 amide bonds. The fourth-order valence-corrected chi connectivity index (χ4v) is 8.45. The monoisotopic (exact) mass is 360 g/mol. The molecule has 0 radical (unpaired) electrons. The third kappa shape index (κ3) is 2.61. The van der Waals surface area contributed by atoms with Gasteiger partial charge in [-0.25, -0.2) is 9.59 Å². The van der Waals surface area contributed by atoms with Crippen LogP contribution in [-0.2, 0) is 4.74 Å². The van der Waals surface area contributed by atoms with Crippen LogP contribution in [0.1, 0.15) is 20.7 Å². The molecule has 0 saturated heterocycles. The van der Waals surface area contributed by atoms with Gasteiger partial charge in [0.25, 0.3) is 0 Å². The standard InChI is InChI=1S/C14H18Cl2O3Si2/c1-20(2,3)11-7-8(14(18)19-13(7)17)12(21(4,5)6)10(16)9(11)15/h1-6H3. The van der Waals surface area contributed by atoms with Crippen molar-refractivity contribution in [3.05, 3.63) is 21.2 Å². The first kappa shape index (κ1) is 16.7. The number of rotatable bonds is 2. The van der Waals surface area contributed by atoms with Gasteiger partial charge in [-0.15, -0.1) is 0 Å². The second-order valence-electron chi connectivity index (χ2n) is 7.30. The van der Waals surface area contributed by atoms with Crippen LogP contribution in [0.4, 0.5) is 0 Å². The molecule has 0 spiro atoms. The highest BCUT2D eigenvalue weighted by Gasteiger charge is 2.43. The lowest BCUT2D eigenvalue weighted by Crippen LogP contribution is -2.48. The van der Waals surface area contributed by atoms with Gasteiger partial charge >= 0.3 is 11.9 Å². The summed E-state index contributed by atoms with van der Waals surface area (Å²) in [4.78, 5) is 24.4. The van der Waals surface area contributed by atoms with Gasteiger partial charge in [0.05, 0.1) is 37.3 Å². The lowest BCUT2D eigenvalue weighted by atomic mass is 10.1. The first-order valence-electron chi connectivity index (χ1n) is 6.69. The number of ether oxygens (including phenoxy) is 1. The summed E-state index contributed by atoms with van der Waals surface area (Å²) in [5.74, 6) is -1.18. The first-order valence-corrected chi connectivity index (χ1v) is 14.5. The highest BCUT2D eigenvalue weighted by Crippen LogP contribution is 2.32. The maximum absolute atomic E-state index is 12.2. The van der Waals surface area contributed by atoms with E-state index in [2.05, 4.69) is 39.3 Å². The fraction of sp³-hybridized carbons (Fsp3) is 0.429. The van der Waals surface area contributed by atoms with Crippen molar-refractivity contribution in [3.8, 4) is 0 Å². The Bertz CT molecular complexity index is 614. The van der Waals surface area contributed by atoms with Crippen LogP contribution in [0, 0.1) is 0 Å². The predicted octanol–water partition coefficient (Wildman–Crippen LogP) is 3.39. The summed E-state index contributed by atoms with van der Waals surface area (Å²) < 4.78 is 4.86. The number of fused-ring (bicyclic) bond motifs is 1. The van der Waals surface area contributed by atoms with Crippen molar-refractivity contribution in [2.24, 2.45) is 0 Å². The van der Waals surface area contributed by atoms with E-state index in [0.29, 0.717) is 21.2 Å². The minimum atomic E-state index is -1.97. The van der Waals surface area contributed by atoms with E-state index in [1.165, 1.54) is 0 Å². The highest BCUT2D eigenvalue weighted by atomic mass is 35.5. The van der Waals surface area contributed by atoms with Gasteiger partial charge in [0.1, 0.15) is 0 Å². The number of carbonyl (C=O) groups is 2. The van der Waals surface area contributed by atoms with Crippen LogP contribution < -0.4 is 10.4 Å². The lowest BCUT2D eigenvalue weighted by Gasteiger charge is -2.27. The topological polar surface area (TPSA) is 43.4 Å². The molecule has 0 aromatic heterocycles. The van der Waals surface area contributed by atoms with Crippen molar-refractivity contribution in [1.29, 1.82) is 0 Å². The molecule has 0 fully saturated rings. The van der Waals surface area contributed by atoms with Crippen molar-refractivity contribution in [2.75, 3.05) is 0 Å². The average molecular weight is 361 g/mol. The van der Waals surface area contributed by atoms with Gasteiger partial charge in [0, 0.05) is 0 Å². The van der Waals surface area contributed by atoms with Crippen molar-refractivity contribution >= 4 is 61.7 Å². The van der Waals surface area contributed by atoms with Crippen LogP contribution in [0.3, 0.4) is 0 Å². The zero-order valence-corrected chi connectivity index (χ0v) is 16.5. The van der Waals surface area contributed by atoms with Crippen LogP contribution in [0.5, 0.6) is 0 Å². The van der Waals surface area contributed by atoms with Crippen molar-refractivity contribution in [1.82, 2.24) is 0 Å². The molecular formula is C14H18Cl2O3Si2. The first-order chi connectivity index (χ1) is 9.37. The van der Waals surface area contributed by atoms with Crippen molar-refractivity contribution < 1.29 is 14.3 Å². The van der Waals surface area contributed by atoms with E-state index in [-0.39, 0.29) is 0 Å². The summed E-state index contributed by atoms with van der Waals surface area (Å²) in [6.07, 6.45) is 0. The Morgan fingerprint density at radius 2 is 1.00 bits per heavy atom. The van der Waals surface area contributed by atoms with Gasteiger partial charge in [-0.3, -0.25) is 0 Å². The Kier molecular flexibility index (Phi) is 3.94. The van der Waals surface area contributed by atoms with Gasteiger partial charge in [0.15, 0.2) is 0 Å². The quantitative estimate of drug-likeness (QED) is 0.461. The van der Waals surface area contributed by atoms with Gasteiger partial charge < -0.3 is 4.74 Å². The molecule has 2 rings (SSSR count). The van der Waals surface area contributed by atoms with Crippen molar-refractivity contribution in [2.45, 2.75) is 39.3 Å². The van der Waals surface area contributed by atoms with Crippen LogP contribution in [0.15, 0.2) is 0 Å². The molecule has 1 aromatic rings. The van der Waals surface area contributed by atoms with E-state index in [9.17, 15) is 9.59 Å². The summed E-state index contributed by atoms with van der Waals surface area (Å²) >= 11 is 13.0. The van der Waals surface area contributed by atoms with E-state index in [1.807, 2.05) is 0 Å². The predicted molar refractivity (Wildman–Crippen MR) is 92.2 cm³/mol.